The van der Waals surface area contributed by atoms with Crippen LogP contribution < -0.4 is 5.56 Å². The van der Waals surface area contributed by atoms with Crippen molar-refractivity contribution in [2.24, 2.45) is 7.05 Å². The van der Waals surface area contributed by atoms with Gasteiger partial charge in [-0.05, 0) is 24.2 Å². The van der Waals surface area contributed by atoms with E-state index in [-0.39, 0.29) is 5.56 Å². The van der Waals surface area contributed by atoms with Gasteiger partial charge in [0.2, 0.25) is 0 Å². The van der Waals surface area contributed by atoms with Gasteiger partial charge in [0, 0.05) is 7.05 Å². The van der Waals surface area contributed by atoms with Gasteiger partial charge in [0.05, 0.1) is 12.2 Å². The Morgan fingerprint density at radius 2 is 2.00 bits per heavy atom. The SMILES string of the molecule is Cc1c(SC#N)c(=O)n(C)n1Cc1ccccc1. The molecular weight excluding hydrogens is 246 g/mol. The summed E-state index contributed by atoms with van der Waals surface area (Å²) >= 11 is 0.925. The molecule has 18 heavy (non-hydrogen) atoms. The van der Waals surface area contributed by atoms with Crippen LogP contribution in [0.1, 0.15) is 11.3 Å². The zero-order valence-electron chi connectivity index (χ0n) is 10.3. The Hall–Kier alpha value is -1.93. The minimum absolute atomic E-state index is 0.116. The van der Waals surface area contributed by atoms with E-state index in [4.69, 9.17) is 5.26 Å². The first-order valence-electron chi connectivity index (χ1n) is 5.51. The topological polar surface area (TPSA) is 50.7 Å². The minimum atomic E-state index is -0.116. The molecule has 0 unspecified atom stereocenters. The predicted molar refractivity (Wildman–Crippen MR) is 71.4 cm³/mol. The fraction of sp³-hybridized carbons (Fsp3) is 0.231. The fourth-order valence-electron chi connectivity index (χ4n) is 1.90. The molecule has 0 aliphatic heterocycles. The van der Waals surface area contributed by atoms with Gasteiger partial charge in [0.15, 0.2) is 0 Å². The Kier molecular flexibility index (Phi) is 3.58. The summed E-state index contributed by atoms with van der Waals surface area (Å²) in [5.74, 6) is 0. The lowest BCUT2D eigenvalue weighted by Crippen LogP contribution is -2.20. The molecule has 0 amide bonds. The highest BCUT2D eigenvalue weighted by Gasteiger charge is 2.15. The number of benzene rings is 1. The number of aromatic nitrogens is 2. The first-order valence-corrected chi connectivity index (χ1v) is 6.33. The van der Waals surface area contributed by atoms with E-state index in [0.717, 1.165) is 23.0 Å². The lowest BCUT2D eigenvalue weighted by molar-refractivity contribution is 0.526. The van der Waals surface area contributed by atoms with Gasteiger partial charge in [0.25, 0.3) is 5.56 Å². The van der Waals surface area contributed by atoms with Crippen LogP contribution in [0.3, 0.4) is 0 Å². The smallest absolute Gasteiger partial charge is 0.281 e. The van der Waals surface area contributed by atoms with Crippen LogP contribution in [-0.4, -0.2) is 9.36 Å². The van der Waals surface area contributed by atoms with E-state index >= 15 is 0 Å². The van der Waals surface area contributed by atoms with Crippen molar-refractivity contribution in [3.05, 3.63) is 51.9 Å². The van der Waals surface area contributed by atoms with Gasteiger partial charge in [-0.2, -0.15) is 5.26 Å². The van der Waals surface area contributed by atoms with E-state index in [0.29, 0.717) is 11.4 Å². The number of thioether (sulfide) groups is 1. The van der Waals surface area contributed by atoms with Crippen LogP contribution in [0.2, 0.25) is 0 Å². The Bertz CT molecular complexity index is 649. The van der Waals surface area contributed by atoms with Gasteiger partial charge >= 0.3 is 0 Å². The molecular formula is C13H13N3OS. The number of nitrogens with zero attached hydrogens (tertiary/aromatic N) is 3. The standard InChI is InChI=1S/C13H13N3OS/c1-10-12(18-9-14)13(17)15(2)16(10)8-11-6-4-3-5-7-11/h3-7H,8H2,1-2H3. The Morgan fingerprint density at radius 3 is 2.61 bits per heavy atom. The minimum Gasteiger partial charge on any atom is -0.282 e. The van der Waals surface area contributed by atoms with E-state index in [1.807, 2.05) is 47.3 Å². The van der Waals surface area contributed by atoms with Gasteiger partial charge < -0.3 is 0 Å². The second-order valence-electron chi connectivity index (χ2n) is 3.98. The third-order valence-corrected chi connectivity index (χ3v) is 3.65. The fourth-order valence-corrected chi connectivity index (χ4v) is 2.46. The average molecular weight is 259 g/mol. The molecule has 92 valence electrons. The molecule has 0 atom stereocenters. The maximum Gasteiger partial charge on any atom is 0.281 e. The van der Waals surface area contributed by atoms with Crippen molar-refractivity contribution >= 4 is 11.8 Å². The monoisotopic (exact) mass is 259 g/mol. The Labute approximate surface area is 109 Å². The van der Waals surface area contributed by atoms with Gasteiger partial charge in [-0.15, -0.1) is 0 Å². The van der Waals surface area contributed by atoms with Gasteiger partial charge in [-0.25, -0.2) is 0 Å². The van der Waals surface area contributed by atoms with Crippen molar-refractivity contribution in [1.82, 2.24) is 9.36 Å². The molecule has 0 N–H and O–H groups in total. The van der Waals surface area contributed by atoms with Crippen molar-refractivity contribution in [1.29, 1.82) is 5.26 Å². The number of hydrogen-bond donors (Lipinski definition) is 0. The molecule has 4 nitrogen and oxygen atoms in total. The molecule has 0 saturated heterocycles. The molecule has 0 aliphatic carbocycles. The summed E-state index contributed by atoms with van der Waals surface area (Å²) in [6.07, 6.45) is 0. The molecule has 0 radical (unpaired) electrons. The molecule has 0 fully saturated rings. The van der Waals surface area contributed by atoms with Crippen molar-refractivity contribution in [2.45, 2.75) is 18.4 Å². The summed E-state index contributed by atoms with van der Waals surface area (Å²) in [5.41, 5.74) is 1.84. The Balaban J connectivity index is 2.44. The molecule has 2 rings (SSSR count). The van der Waals surface area contributed by atoms with Crippen LogP contribution in [0.15, 0.2) is 40.0 Å². The molecule has 1 aromatic heterocycles. The largest absolute Gasteiger partial charge is 0.282 e. The molecule has 2 aromatic rings. The second-order valence-corrected chi connectivity index (χ2v) is 4.77. The summed E-state index contributed by atoms with van der Waals surface area (Å²) in [5, 5.41) is 10.7. The first-order chi connectivity index (χ1) is 8.65. The molecule has 0 spiro atoms. The van der Waals surface area contributed by atoms with Crippen LogP contribution >= 0.6 is 11.8 Å². The lowest BCUT2D eigenvalue weighted by atomic mass is 10.2. The average Bonchev–Trinajstić information content (AvgIpc) is 2.58. The third-order valence-electron chi connectivity index (χ3n) is 2.89. The number of hydrogen-bond acceptors (Lipinski definition) is 3. The highest BCUT2D eigenvalue weighted by Crippen LogP contribution is 2.18. The van der Waals surface area contributed by atoms with E-state index < -0.39 is 0 Å². The maximum atomic E-state index is 12.0. The zero-order chi connectivity index (χ0) is 13.1. The summed E-state index contributed by atoms with van der Waals surface area (Å²) in [7, 11) is 1.72. The summed E-state index contributed by atoms with van der Waals surface area (Å²) in [4.78, 5) is 12.5. The maximum absolute atomic E-state index is 12.0. The van der Waals surface area contributed by atoms with Crippen molar-refractivity contribution < 1.29 is 0 Å². The van der Waals surface area contributed by atoms with Crippen LogP contribution in [0, 0.1) is 17.6 Å². The normalized spacial score (nSPS) is 10.3. The number of nitriles is 1. The van der Waals surface area contributed by atoms with Gasteiger partial charge in [-0.1, -0.05) is 30.3 Å². The van der Waals surface area contributed by atoms with E-state index in [9.17, 15) is 4.79 Å². The molecule has 0 saturated carbocycles. The number of thiocyanates is 1. The van der Waals surface area contributed by atoms with Gasteiger partial charge in [0.1, 0.15) is 10.3 Å². The van der Waals surface area contributed by atoms with Crippen molar-refractivity contribution in [3.8, 4) is 5.40 Å². The molecule has 5 heteroatoms. The van der Waals surface area contributed by atoms with Crippen LogP contribution in [0.4, 0.5) is 0 Å². The quantitative estimate of drug-likeness (QED) is 0.626. The van der Waals surface area contributed by atoms with Gasteiger partial charge in [-0.3, -0.25) is 14.2 Å². The zero-order valence-corrected chi connectivity index (χ0v) is 11.1. The highest BCUT2D eigenvalue weighted by atomic mass is 32.2. The first kappa shape index (κ1) is 12.5. The van der Waals surface area contributed by atoms with Crippen LogP contribution in [0.25, 0.3) is 0 Å². The van der Waals surface area contributed by atoms with Crippen molar-refractivity contribution in [3.63, 3.8) is 0 Å². The third kappa shape index (κ3) is 2.20. The second kappa shape index (κ2) is 5.15. The molecule has 1 heterocycles. The number of rotatable bonds is 3. The van der Waals surface area contributed by atoms with E-state index in [2.05, 4.69) is 0 Å². The predicted octanol–water partition coefficient (Wildman–Crippen LogP) is 2.12. The van der Waals surface area contributed by atoms with Crippen LogP contribution in [-0.2, 0) is 13.6 Å². The van der Waals surface area contributed by atoms with Crippen LogP contribution in [0.5, 0.6) is 0 Å². The summed E-state index contributed by atoms with van der Waals surface area (Å²) in [6.45, 7) is 2.49. The summed E-state index contributed by atoms with van der Waals surface area (Å²) in [6, 6.07) is 9.93. The molecule has 1 aromatic carbocycles. The lowest BCUT2D eigenvalue weighted by Gasteiger charge is -2.09. The van der Waals surface area contributed by atoms with Crippen molar-refractivity contribution in [2.75, 3.05) is 0 Å². The van der Waals surface area contributed by atoms with E-state index in [1.165, 1.54) is 0 Å². The van der Waals surface area contributed by atoms with E-state index in [1.54, 1.807) is 11.7 Å². The molecule has 0 aliphatic rings. The Morgan fingerprint density at radius 1 is 1.33 bits per heavy atom. The molecule has 0 bridgehead atoms. The highest BCUT2D eigenvalue weighted by molar-refractivity contribution is 8.03. The summed E-state index contributed by atoms with van der Waals surface area (Å²) < 4.78 is 3.44.